The van der Waals surface area contributed by atoms with Gasteiger partial charge in [0, 0.05) is 16.7 Å². The largest absolute Gasteiger partial charge is 0.497 e. The molecule has 0 fully saturated rings. The van der Waals surface area contributed by atoms with E-state index >= 15 is 0 Å². The first-order valence-electron chi connectivity index (χ1n) is 13.6. The first kappa shape index (κ1) is 32.1. The number of rotatable bonds is 9. The summed E-state index contributed by atoms with van der Waals surface area (Å²) in [6, 6.07) is 16.9. The monoisotopic (exact) mass is 620 g/mol. The number of nitrogens with zero attached hydrogens (tertiary/aromatic N) is 4. The van der Waals surface area contributed by atoms with E-state index in [-0.39, 0.29) is 29.6 Å². The maximum absolute atomic E-state index is 14.7. The van der Waals surface area contributed by atoms with Crippen molar-refractivity contribution in [1.29, 1.82) is 0 Å². The van der Waals surface area contributed by atoms with Crippen LogP contribution in [0, 0.1) is 0 Å². The summed E-state index contributed by atoms with van der Waals surface area (Å²) in [7, 11) is 3.07. The highest BCUT2D eigenvalue weighted by molar-refractivity contribution is 6.31. The van der Waals surface area contributed by atoms with Crippen LogP contribution in [-0.2, 0) is 17.8 Å². The number of fused-ring (bicyclic) bond motifs is 1. The van der Waals surface area contributed by atoms with E-state index in [0.29, 0.717) is 34.1 Å². The molecule has 3 aromatic rings. The molecule has 0 unspecified atom stereocenters. The van der Waals surface area contributed by atoms with E-state index in [4.69, 9.17) is 30.8 Å². The molecule has 1 aliphatic rings. The molecule has 0 aliphatic carbocycles. The lowest BCUT2D eigenvalue weighted by atomic mass is 10.1. The van der Waals surface area contributed by atoms with Crippen molar-refractivity contribution in [3.05, 3.63) is 108 Å². The summed E-state index contributed by atoms with van der Waals surface area (Å²) < 4.78 is 31.4. The Morgan fingerprint density at radius 1 is 1.09 bits per heavy atom. The maximum atomic E-state index is 14.7. The van der Waals surface area contributed by atoms with Gasteiger partial charge in [0.05, 0.1) is 50.1 Å². The van der Waals surface area contributed by atoms with Gasteiger partial charge in [0.15, 0.2) is 0 Å². The van der Waals surface area contributed by atoms with Crippen LogP contribution in [0.1, 0.15) is 32.0 Å². The van der Waals surface area contributed by atoms with Crippen molar-refractivity contribution in [2.75, 3.05) is 24.0 Å². The van der Waals surface area contributed by atoms with E-state index in [2.05, 4.69) is 13.2 Å². The van der Waals surface area contributed by atoms with Crippen LogP contribution in [0.2, 0.25) is 0 Å². The number of hydrogen-bond acceptors (Lipinski definition) is 6. The number of para-hydroxylation sites is 1. The van der Waals surface area contributed by atoms with Crippen LogP contribution in [0.3, 0.4) is 0 Å². The molecular weight excluding hydrogens is 587 g/mol. The Balaban J connectivity index is 1.86. The third-order valence-electron chi connectivity index (χ3n) is 6.50. The van der Waals surface area contributed by atoms with Crippen LogP contribution in [0.25, 0.3) is 0 Å². The number of aromatic nitrogens is 1. The minimum Gasteiger partial charge on any atom is -0.497 e. The number of urea groups is 1. The maximum Gasteiger partial charge on any atom is 0.416 e. The lowest BCUT2D eigenvalue weighted by Crippen LogP contribution is -2.45. The van der Waals surface area contributed by atoms with Crippen LogP contribution in [-0.4, -0.2) is 41.8 Å². The second kappa shape index (κ2) is 13.2. The fraction of sp³-hybridized carbons (Fsp3) is 0.242. The molecule has 2 aromatic carbocycles. The van der Waals surface area contributed by atoms with E-state index < -0.39 is 23.6 Å². The number of amides is 3. The third kappa shape index (κ3) is 7.20. The van der Waals surface area contributed by atoms with Crippen molar-refractivity contribution in [3.63, 3.8) is 0 Å². The zero-order valence-electron chi connectivity index (χ0n) is 25.3. The Kier molecular flexibility index (Phi) is 9.64. The average Bonchev–Trinajstić information content (AvgIpc) is 2.97. The predicted molar refractivity (Wildman–Crippen MR) is 169 cm³/mol. The van der Waals surface area contributed by atoms with Gasteiger partial charge in [-0.2, -0.15) is 0 Å². The third-order valence-corrected chi connectivity index (χ3v) is 6.61. The fourth-order valence-electron chi connectivity index (χ4n) is 4.57. The molecule has 0 saturated carbocycles. The van der Waals surface area contributed by atoms with Gasteiger partial charge in [-0.25, -0.2) is 19.0 Å². The number of methoxy groups -OCH3 is 2. The van der Waals surface area contributed by atoms with Gasteiger partial charge in [0.1, 0.15) is 28.7 Å². The molecule has 0 atom stereocenters. The molecular formula is C33H34ClFN4O5. The number of hydrogen-bond donors (Lipinski definition) is 0. The molecule has 44 heavy (non-hydrogen) atoms. The molecule has 4 rings (SSSR count). The highest BCUT2D eigenvalue weighted by Gasteiger charge is 2.36. The van der Waals surface area contributed by atoms with Gasteiger partial charge < -0.3 is 14.2 Å². The quantitative estimate of drug-likeness (QED) is 0.224. The zero-order valence-corrected chi connectivity index (χ0v) is 26.0. The van der Waals surface area contributed by atoms with Gasteiger partial charge in [-0.05, 0) is 63.2 Å². The Hall–Kier alpha value is -4.83. The molecule has 1 aromatic heterocycles. The van der Waals surface area contributed by atoms with E-state index in [0.717, 1.165) is 0 Å². The number of anilines is 3. The number of halogens is 2. The molecule has 0 radical (unpaired) electrons. The molecule has 230 valence electrons. The summed E-state index contributed by atoms with van der Waals surface area (Å²) >= 11 is 5.99. The minimum absolute atomic E-state index is 0.00917. The summed E-state index contributed by atoms with van der Waals surface area (Å²) in [6.07, 6.45) is 0.575. The van der Waals surface area contributed by atoms with E-state index in [9.17, 15) is 14.0 Å². The SMILES string of the molecule is C=C(Cl)/C=C(\C(=C)F)N1Cc2nc(N(Cc3ccc(OC)cc3OC)C(=O)OC(C)(C)C)ccc2N(c2ccccc2)C1=O. The zero-order chi connectivity index (χ0) is 32.2. The number of carbonyl (C=O) groups is 2. The highest BCUT2D eigenvalue weighted by atomic mass is 35.5. The van der Waals surface area contributed by atoms with Gasteiger partial charge >= 0.3 is 12.1 Å². The summed E-state index contributed by atoms with van der Waals surface area (Å²) in [5.74, 6) is 0.449. The molecule has 0 bridgehead atoms. The molecule has 0 spiro atoms. The summed E-state index contributed by atoms with van der Waals surface area (Å²) in [5.41, 5.74) is 1.07. The molecule has 0 N–H and O–H groups in total. The number of benzene rings is 2. The van der Waals surface area contributed by atoms with E-state index in [1.54, 1.807) is 82.5 Å². The second-order valence-electron chi connectivity index (χ2n) is 10.8. The average molecular weight is 621 g/mol. The van der Waals surface area contributed by atoms with Gasteiger partial charge in [0.2, 0.25) is 0 Å². The smallest absolute Gasteiger partial charge is 0.416 e. The summed E-state index contributed by atoms with van der Waals surface area (Å²) in [4.78, 5) is 36.2. The van der Waals surface area contributed by atoms with Crippen molar-refractivity contribution < 1.29 is 28.2 Å². The molecule has 11 heteroatoms. The van der Waals surface area contributed by atoms with Crippen LogP contribution < -0.4 is 19.3 Å². The number of pyridine rings is 1. The molecule has 0 saturated heterocycles. The fourth-order valence-corrected chi connectivity index (χ4v) is 4.67. The second-order valence-corrected chi connectivity index (χ2v) is 11.3. The van der Waals surface area contributed by atoms with Gasteiger partial charge in [-0.3, -0.25) is 14.7 Å². The number of allylic oxidation sites excluding steroid dienone is 3. The number of ether oxygens (including phenoxy) is 3. The van der Waals surface area contributed by atoms with Gasteiger partial charge in [-0.1, -0.05) is 43.0 Å². The van der Waals surface area contributed by atoms with Crippen molar-refractivity contribution in [2.24, 2.45) is 0 Å². The van der Waals surface area contributed by atoms with E-state index in [1.807, 2.05) is 6.07 Å². The lowest BCUT2D eigenvalue weighted by Gasteiger charge is -2.37. The van der Waals surface area contributed by atoms with Crippen LogP contribution in [0.15, 0.2) is 96.5 Å². The molecule has 1 aliphatic heterocycles. The number of carbonyl (C=O) groups excluding carboxylic acids is 2. The van der Waals surface area contributed by atoms with Crippen molar-refractivity contribution in [3.8, 4) is 11.5 Å². The Morgan fingerprint density at radius 2 is 1.80 bits per heavy atom. The Bertz CT molecular complexity index is 1620. The first-order valence-corrected chi connectivity index (χ1v) is 14.0. The van der Waals surface area contributed by atoms with Crippen LogP contribution >= 0.6 is 11.6 Å². The highest BCUT2D eigenvalue weighted by Crippen LogP contribution is 2.38. The minimum atomic E-state index is -0.880. The predicted octanol–water partition coefficient (Wildman–Crippen LogP) is 8.23. The van der Waals surface area contributed by atoms with Crippen LogP contribution in [0.5, 0.6) is 11.5 Å². The van der Waals surface area contributed by atoms with Crippen LogP contribution in [0.4, 0.5) is 31.2 Å². The summed E-state index contributed by atoms with van der Waals surface area (Å²) in [6.45, 7) is 12.2. The Labute approximate surface area is 261 Å². The first-order chi connectivity index (χ1) is 20.8. The van der Waals surface area contributed by atoms with Crippen molar-refractivity contribution in [2.45, 2.75) is 39.5 Å². The normalized spacial score (nSPS) is 13.2. The van der Waals surface area contributed by atoms with Crippen molar-refractivity contribution in [1.82, 2.24) is 9.88 Å². The lowest BCUT2D eigenvalue weighted by molar-refractivity contribution is 0.0576. The topological polar surface area (TPSA) is 84.4 Å². The standard InChI is InChI=1S/C33H34ClFN4O5/c1-21(34)17-28(22(2)35)37-20-26-27(39(31(37)40)24-11-9-8-10-12-24)15-16-30(36-26)38(32(41)44-33(3,4)5)19-23-13-14-25(42-6)18-29(23)43-7/h8-18H,1-2,19-20H2,3-7H3/b28-17+. The van der Waals surface area contributed by atoms with Gasteiger partial charge in [0.25, 0.3) is 0 Å². The molecule has 2 heterocycles. The summed E-state index contributed by atoms with van der Waals surface area (Å²) in [5, 5.41) is 0.00917. The van der Waals surface area contributed by atoms with Gasteiger partial charge in [-0.15, -0.1) is 0 Å². The molecule has 9 nitrogen and oxygen atoms in total. The van der Waals surface area contributed by atoms with Crippen molar-refractivity contribution >= 4 is 40.9 Å². The molecule has 3 amide bonds. The van der Waals surface area contributed by atoms with E-state index in [1.165, 1.54) is 27.9 Å². The Morgan fingerprint density at radius 3 is 2.39 bits per heavy atom.